The van der Waals surface area contributed by atoms with Crippen LogP contribution in [0.15, 0.2) is 15.5 Å². The molecule has 1 N–H and O–H groups in total. The van der Waals surface area contributed by atoms with Gasteiger partial charge in [0.2, 0.25) is 11.6 Å². The van der Waals surface area contributed by atoms with Gasteiger partial charge in [-0.15, -0.1) is 0 Å². The van der Waals surface area contributed by atoms with Crippen molar-refractivity contribution in [1.82, 2.24) is 14.9 Å². The number of fused-ring (bicyclic) bond motifs is 1. The van der Waals surface area contributed by atoms with Crippen LogP contribution >= 0.6 is 0 Å². The van der Waals surface area contributed by atoms with Crippen LogP contribution in [0.1, 0.15) is 55.6 Å². The van der Waals surface area contributed by atoms with E-state index in [9.17, 15) is 14.4 Å². The molecule has 27 heavy (non-hydrogen) atoms. The highest BCUT2D eigenvalue weighted by Gasteiger charge is 2.25. The number of ether oxygens (including phenoxy) is 1. The number of furan rings is 1. The zero-order valence-corrected chi connectivity index (χ0v) is 15.9. The molecule has 8 heteroatoms. The molecule has 0 spiro atoms. The van der Waals surface area contributed by atoms with Crippen LogP contribution in [-0.4, -0.2) is 34.1 Å². The number of hydrogen-bond donors (Lipinski definition) is 1. The first kappa shape index (κ1) is 19.1. The highest BCUT2D eigenvalue weighted by Crippen LogP contribution is 2.23. The molecule has 2 aromatic rings. The number of rotatable bonds is 5. The summed E-state index contributed by atoms with van der Waals surface area (Å²) in [5.41, 5.74) is -0.355. The van der Waals surface area contributed by atoms with Crippen LogP contribution in [0.25, 0.3) is 11.1 Å². The zero-order valence-electron chi connectivity index (χ0n) is 15.9. The van der Waals surface area contributed by atoms with Crippen LogP contribution in [0.3, 0.4) is 0 Å². The van der Waals surface area contributed by atoms with Gasteiger partial charge in [0.1, 0.15) is 29.6 Å². The van der Waals surface area contributed by atoms with Gasteiger partial charge in [0.15, 0.2) is 0 Å². The summed E-state index contributed by atoms with van der Waals surface area (Å²) in [6.07, 6.45) is 5.36. The van der Waals surface area contributed by atoms with Crippen LogP contribution in [0.5, 0.6) is 0 Å². The first-order valence-electron chi connectivity index (χ1n) is 9.35. The summed E-state index contributed by atoms with van der Waals surface area (Å²) in [5.74, 6) is 0.0893. The largest absolute Gasteiger partial charge is 0.462 e. The van der Waals surface area contributed by atoms with Gasteiger partial charge in [-0.2, -0.15) is 0 Å². The first-order chi connectivity index (χ1) is 12.9. The van der Waals surface area contributed by atoms with Crippen molar-refractivity contribution < 1.29 is 18.7 Å². The summed E-state index contributed by atoms with van der Waals surface area (Å²) in [7, 11) is 0. The van der Waals surface area contributed by atoms with Gasteiger partial charge < -0.3 is 14.5 Å². The number of nitrogens with one attached hydrogen (secondary N) is 1. The van der Waals surface area contributed by atoms with Crippen molar-refractivity contribution in [3.8, 4) is 0 Å². The van der Waals surface area contributed by atoms with E-state index in [1.54, 1.807) is 13.8 Å². The lowest BCUT2D eigenvalue weighted by atomic mass is 9.87. The van der Waals surface area contributed by atoms with E-state index in [4.69, 9.17) is 9.15 Å². The lowest BCUT2D eigenvalue weighted by Crippen LogP contribution is -2.40. The van der Waals surface area contributed by atoms with Crippen molar-refractivity contribution >= 4 is 23.0 Å². The topological polar surface area (TPSA) is 103 Å². The van der Waals surface area contributed by atoms with E-state index in [1.165, 1.54) is 10.9 Å². The van der Waals surface area contributed by atoms with Gasteiger partial charge in [-0.1, -0.05) is 6.92 Å². The van der Waals surface area contributed by atoms with Crippen LogP contribution in [0.4, 0.5) is 0 Å². The van der Waals surface area contributed by atoms with Crippen molar-refractivity contribution in [3.05, 3.63) is 28.0 Å². The molecule has 1 fully saturated rings. The zero-order chi connectivity index (χ0) is 19.6. The quantitative estimate of drug-likeness (QED) is 0.803. The van der Waals surface area contributed by atoms with Gasteiger partial charge in [0.05, 0.1) is 6.61 Å². The van der Waals surface area contributed by atoms with Crippen molar-refractivity contribution in [3.63, 3.8) is 0 Å². The molecule has 0 aromatic carbocycles. The van der Waals surface area contributed by atoms with E-state index in [0.717, 1.165) is 25.7 Å². The second-order valence-corrected chi connectivity index (χ2v) is 7.14. The van der Waals surface area contributed by atoms with Crippen LogP contribution < -0.4 is 10.9 Å². The van der Waals surface area contributed by atoms with Gasteiger partial charge in [-0.3, -0.25) is 14.2 Å². The van der Waals surface area contributed by atoms with E-state index in [2.05, 4.69) is 17.2 Å². The standard InChI is InChI=1S/C19H25N3O5/c1-4-26-19(25)15-12(3)27-17-16(15)18(24)22(10-20-17)9-14(23)21-13-7-5-11(2)6-8-13/h10-11,13H,4-9H2,1-3H3,(H,21,23). The Morgan fingerprint density at radius 2 is 2.04 bits per heavy atom. The minimum absolute atomic E-state index is 0.0488. The maximum atomic E-state index is 12.8. The molecule has 0 atom stereocenters. The molecule has 2 heterocycles. The number of nitrogens with zero attached hydrogens (tertiary/aromatic N) is 2. The number of carbonyl (C=O) groups is 2. The van der Waals surface area contributed by atoms with Crippen molar-refractivity contribution in [2.24, 2.45) is 5.92 Å². The molecule has 1 aliphatic rings. The summed E-state index contributed by atoms with van der Waals surface area (Å²) < 4.78 is 11.6. The number of amides is 1. The molecule has 0 unspecified atom stereocenters. The minimum atomic E-state index is -0.633. The fraction of sp³-hybridized carbons (Fsp3) is 0.579. The van der Waals surface area contributed by atoms with E-state index < -0.39 is 11.5 Å². The van der Waals surface area contributed by atoms with E-state index in [-0.39, 0.29) is 47.5 Å². The van der Waals surface area contributed by atoms with Crippen molar-refractivity contribution in [1.29, 1.82) is 0 Å². The van der Waals surface area contributed by atoms with Gasteiger partial charge in [-0.25, -0.2) is 9.78 Å². The Morgan fingerprint density at radius 3 is 2.70 bits per heavy atom. The van der Waals surface area contributed by atoms with Gasteiger partial charge >= 0.3 is 5.97 Å². The normalized spacial score (nSPS) is 19.8. The maximum absolute atomic E-state index is 12.8. The molecule has 1 saturated carbocycles. The van der Waals surface area contributed by atoms with E-state index in [0.29, 0.717) is 5.92 Å². The summed E-state index contributed by atoms with van der Waals surface area (Å²) in [5, 5.41) is 3.03. The number of aromatic nitrogens is 2. The van der Waals surface area contributed by atoms with E-state index >= 15 is 0 Å². The van der Waals surface area contributed by atoms with Gasteiger partial charge in [0, 0.05) is 6.04 Å². The summed E-state index contributed by atoms with van der Waals surface area (Å²) >= 11 is 0. The highest BCUT2D eigenvalue weighted by molar-refractivity contribution is 6.03. The summed E-state index contributed by atoms with van der Waals surface area (Å²) in [4.78, 5) is 41.4. The van der Waals surface area contributed by atoms with Crippen LogP contribution in [0, 0.1) is 12.8 Å². The van der Waals surface area contributed by atoms with Crippen molar-refractivity contribution in [2.75, 3.05) is 6.61 Å². The second kappa shape index (κ2) is 7.94. The Balaban J connectivity index is 1.82. The molecule has 0 radical (unpaired) electrons. The Labute approximate surface area is 156 Å². The molecule has 3 rings (SSSR count). The predicted molar refractivity (Wildman–Crippen MR) is 98.5 cm³/mol. The smallest absolute Gasteiger partial charge is 0.342 e. The SMILES string of the molecule is CCOC(=O)c1c(C)oc2ncn(CC(=O)NC3CCC(C)CC3)c(=O)c12. The molecule has 2 aromatic heterocycles. The van der Waals surface area contributed by atoms with Crippen molar-refractivity contribution in [2.45, 2.75) is 59.0 Å². The molecule has 8 nitrogen and oxygen atoms in total. The van der Waals surface area contributed by atoms with Crippen LogP contribution in [-0.2, 0) is 16.1 Å². The highest BCUT2D eigenvalue weighted by atomic mass is 16.5. The third kappa shape index (κ3) is 4.04. The average molecular weight is 375 g/mol. The Hall–Kier alpha value is -2.64. The van der Waals surface area contributed by atoms with Crippen LogP contribution in [0.2, 0.25) is 0 Å². The van der Waals surface area contributed by atoms with Gasteiger partial charge in [-0.05, 0) is 45.4 Å². The maximum Gasteiger partial charge on any atom is 0.342 e. The molecule has 1 amide bonds. The fourth-order valence-corrected chi connectivity index (χ4v) is 3.53. The monoisotopic (exact) mass is 375 g/mol. The lowest BCUT2D eigenvalue weighted by Gasteiger charge is -2.26. The summed E-state index contributed by atoms with van der Waals surface area (Å²) in [6, 6.07) is 0.146. The lowest BCUT2D eigenvalue weighted by molar-refractivity contribution is -0.122. The molecular weight excluding hydrogens is 350 g/mol. The molecule has 146 valence electrons. The number of esters is 1. The molecular formula is C19H25N3O5. The van der Waals surface area contributed by atoms with Gasteiger partial charge in [0.25, 0.3) is 5.56 Å². The Kier molecular flexibility index (Phi) is 5.62. The fourth-order valence-electron chi connectivity index (χ4n) is 3.53. The first-order valence-corrected chi connectivity index (χ1v) is 9.35. The summed E-state index contributed by atoms with van der Waals surface area (Å²) in [6.45, 7) is 5.51. The number of aryl methyl sites for hydroxylation is 1. The average Bonchev–Trinajstić information content (AvgIpc) is 2.96. The molecule has 1 aliphatic carbocycles. The second-order valence-electron chi connectivity index (χ2n) is 7.14. The minimum Gasteiger partial charge on any atom is -0.462 e. The van der Waals surface area contributed by atoms with E-state index in [1.807, 2.05) is 0 Å². The number of carbonyl (C=O) groups excluding carboxylic acids is 2. The molecule has 0 bridgehead atoms. The third-order valence-electron chi connectivity index (χ3n) is 5.03. The molecule has 0 saturated heterocycles. The predicted octanol–water partition coefficient (Wildman–Crippen LogP) is 2.17. The molecule has 0 aliphatic heterocycles. The third-order valence-corrected chi connectivity index (χ3v) is 5.03. The Morgan fingerprint density at radius 1 is 1.33 bits per heavy atom. The Bertz CT molecular complexity index is 906. The number of hydrogen-bond acceptors (Lipinski definition) is 6.